The lowest BCUT2D eigenvalue weighted by molar-refractivity contribution is 0.0678. The summed E-state index contributed by atoms with van der Waals surface area (Å²) in [5.74, 6) is 0.963. The van der Waals surface area contributed by atoms with Crippen LogP contribution in [0.1, 0.15) is 47.2 Å². The van der Waals surface area contributed by atoms with Crippen molar-refractivity contribution in [2.75, 3.05) is 13.2 Å². The SMILES string of the molecule is Cc1ccc(C(=O)N(Cc2cccc(OC[C@@H]3CCCO3)c2)C2CC2)cc1. The molecule has 27 heavy (non-hydrogen) atoms. The van der Waals surface area contributed by atoms with E-state index in [0.717, 1.165) is 49.2 Å². The van der Waals surface area contributed by atoms with Crippen LogP contribution < -0.4 is 4.74 Å². The van der Waals surface area contributed by atoms with Crippen molar-refractivity contribution < 1.29 is 14.3 Å². The molecule has 1 saturated carbocycles. The fourth-order valence-corrected chi connectivity index (χ4v) is 3.51. The number of rotatable bonds is 7. The molecule has 4 rings (SSSR count). The molecule has 1 amide bonds. The Balaban J connectivity index is 1.43. The molecule has 2 aromatic carbocycles. The second kappa shape index (κ2) is 8.13. The molecule has 1 aliphatic heterocycles. The van der Waals surface area contributed by atoms with Crippen molar-refractivity contribution in [1.29, 1.82) is 0 Å². The van der Waals surface area contributed by atoms with E-state index >= 15 is 0 Å². The normalized spacial score (nSPS) is 19.1. The van der Waals surface area contributed by atoms with Crippen LogP contribution >= 0.6 is 0 Å². The lowest BCUT2D eigenvalue weighted by Gasteiger charge is -2.23. The van der Waals surface area contributed by atoms with Gasteiger partial charge in [-0.3, -0.25) is 4.79 Å². The maximum atomic E-state index is 13.0. The highest BCUT2D eigenvalue weighted by Gasteiger charge is 2.33. The van der Waals surface area contributed by atoms with Gasteiger partial charge in [-0.25, -0.2) is 0 Å². The number of carbonyl (C=O) groups is 1. The fourth-order valence-electron chi connectivity index (χ4n) is 3.51. The molecule has 0 N–H and O–H groups in total. The smallest absolute Gasteiger partial charge is 0.254 e. The van der Waals surface area contributed by atoms with Gasteiger partial charge in [0.05, 0.1) is 6.10 Å². The number of hydrogen-bond donors (Lipinski definition) is 0. The Morgan fingerprint density at radius 3 is 2.67 bits per heavy atom. The highest BCUT2D eigenvalue weighted by atomic mass is 16.5. The van der Waals surface area contributed by atoms with Crippen LogP contribution in [0.4, 0.5) is 0 Å². The number of hydrogen-bond acceptors (Lipinski definition) is 3. The lowest BCUT2D eigenvalue weighted by Crippen LogP contribution is -2.32. The summed E-state index contributed by atoms with van der Waals surface area (Å²) in [6, 6.07) is 16.3. The van der Waals surface area contributed by atoms with Crippen LogP contribution in [-0.2, 0) is 11.3 Å². The average Bonchev–Trinajstić information content (AvgIpc) is 3.39. The van der Waals surface area contributed by atoms with E-state index in [1.165, 1.54) is 5.56 Å². The number of nitrogens with zero attached hydrogens (tertiary/aromatic N) is 1. The zero-order valence-electron chi connectivity index (χ0n) is 15.9. The van der Waals surface area contributed by atoms with Crippen LogP contribution in [0.3, 0.4) is 0 Å². The summed E-state index contributed by atoms with van der Waals surface area (Å²) < 4.78 is 11.5. The van der Waals surface area contributed by atoms with Crippen LogP contribution in [0.25, 0.3) is 0 Å². The van der Waals surface area contributed by atoms with E-state index in [9.17, 15) is 4.79 Å². The number of aryl methyl sites for hydroxylation is 1. The number of ether oxygens (including phenoxy) is 2. The topological polar surface area (TPSA) is 38.8 Å². The average molecular weight is 365 g/mol. The van der Waals surface area contributed by atoms with Crippen molar-refractivity contribution in [1.82, 2.24) is 4.90 Å². The highest BCUT2D eigenvalue weighted by molar-refractivity contribution is 5.94. The van der Waals surface area contributed by atoms with Crippen LogP contribution in [0, 0.1) is 6.92 Å². The molecule has 0 aromatic heterocycles. The predicted octanol–water partition coefficient (Wildman–Crippen LogP) is 4.36. The molecule has 4 nitrogen and oxygen atoms in total. The van der Waals surface area contributed by atoms with Crippen molar-refractivity contribution in [3.63, 3.8) is 0 Å². The van der Waals surface area contributed by atoms with E-state index in [0.29, 0.717) is 19.2 Å². The minimum atomic E-state index is 0.114. The van der Waals surface area contributed by atoms with E-state index in [1.54, 1.807) is 0 Å². The first-order valence-electron chi connectivity index (χ1n) is 9.90. The van der Waals surface area contributed by atoms with Gasteiger partial charge in [-0.1, -0.05) is 29.8 Å². The predicted molar refractivity (Wildman–Crippen MR) is 105 cm³/mol. The minimum absolute atomic E-state index is 0.114. The summed E-state index contributed by atoms with van der Waals surface area (Å²) in [7, 11) is 0. The van der Waals surface area contributed by atoms with Crippen molar-refractivity contribution >= 4 is 5.91 Å². The Labute approximate surface area is 161 Å². The Hall–Kier alpha value is -2.33. The summed E-state index contributed by atoms with van der Waals surface area (Å²) in [5.41, 5.74) is 3.03. The molecule has 2 aliphatic rings. The third-order valence-corrected chi connectivity index (χ3v) is 5.26. The summed E-state index contributed by atoms with van der Waals surface area (Å²) in [4.78, 5) is 15.0. The molecule has 0 bridgehead atoms. The van der Waals surface area contributed by atoms with E-state index in [1.807, 2.05) is 54.3 Å². The van der Waals surface area contributed by atoms with Gasteiger partial charge in [-0.05, 0) is 62.4 Å². The van der Waals surface area contributed by atoms with Gasteiger partial charge in [-0.15, -0.1) is 0 Å². The maximum absolute atomic E-state index is 13.0. The van der Waals surface area contributed by atoms with Crippen LogP contribution in [0.15, 0.2) is 48.5 Å². The molecule has 1 atom stereocenters. The van der Waals surface area contributed by atoms with Gasteiger partial charge < -0.3 is 14.4 Å². The molecule has 2 aromatic rings. The zero-order chi connectivity index (χ0) is 18.6. The zero-order valence-corrected chi connectivity index (χ0v) is 15.9. The lowest BCUT2D eigenvalue weighted by atomic mass is 10.1. The third kappa shape index (κ3) is 4.69. The minimum Gasteiger partial charge on any atom is -0.491 e. The second-order valence-corrected chi connectivity index (χ2v) is 7.62. The fraction of sp³-hybridized carbons (Fsp3) is 0.435. The van der Waals surface area contributed by atoms with E-state index in [2.05, 4.69) is 6.07 Å². The van der Waals surface area contributed by atoms with Gasteiger partial charge in [0, 0.05) is 24.8 Å². The number of carbonyl (C=O) groups excluding carboxylic acids is 1. The Morgan fingerprint density at radius 2 is 1.96 bits per heavy atom. The van der Waals surface area contributed by atoms with E-state index in [4.69, 9.17) is 9.47 Å². The molecule has 1 heterocycles. The van der Waals surface area contributed by atoms with Gasteiger partial charge in [-0.2, -0.15) is 0 Å². The standard InChI is InChI=1S/C23H27NO3/c1-17-7-9-19(10-8-17)23(25)24(20-11-12-20)15-18-4-2-5-21(14-18)27-16-22-6-3-13-26-22/h2,4-5,7-10,14,20,22H,3,6,11-13,15-16H2,1H3/t22-/m0/s1. The second-order valence-electron chi connectivity index (χ2n) is 7.62. The quantitative estimate of drug-likeness (QED) is 0.732. The molecule has 1 saturated heterocycles. The summed E-state index contributed by atoms with van der Waals surface area (Å²) in [6.45, 7) is 4.09. The van der Waals surface area contributed by atoms with Crippen molar-refractivity contribution in [2.24, 2.45) is 0 Å². The molecule has 0 spiro atoms. The largest absolute Gasteiger partial charge is 0.491 e. The van der Waals surface area contributed by atoms with Crippen molar-refractivity contribution in [2.45, 2.75) is 51.3 Å². The van der Waals surface area contributed by atoms with Gasteiger partial charge >= 0.3 is 0 Å². The molecule has 142 valence electrons. The van der Waals surface area contributed by atoms with Gasteiger partial charge in [0.1, 0.15) is 12.4 Å². The van der Waals surface area contributed by atoms with Crippen LogP contribution in [0.5, 0.6) is 5.75 Å². The first kappa shape index (κ1) is 18.1. The van der Waals surface area contributed by atoms with Crippen LogP contribution in [-0.4, -0.2) is 36.2 Å². The van der Waals surface area contributed by atoms with Crippen molar-refractivity contribution in [3.8, 4) is 5.75 Å². The maximum Gasteiger partial charge on any atom is 0.254 e. The first-order chi connectivity index (χ1) is 13.2. The molecule has 0 radical (unpaired) electrons. The van der Waals surface area contributed by atoms with E-state index in [-0.39, 0.29) is 12.0 Å². The van der Waals surface area contributed by atoms with Gasteiger partial charge in [0.15, 0.2) is 0 Å². The molecule has 2 fully saturated rings. The summed E-state index contributed by atoms with van der Waals surface area (Å²) in [5, 5.41) is 0. The highest BCUT2D eigenvalue weighted by Crippen LogP contribution is 2.30. The van der Waals surface area contributed by atoms with Crippen molar-refractivity contribution in [3.05, 3.63) is 65.2 Å². The number of benzene rings is 2. The number of amides is 1. The first-order valence-corrected chi connectivity index (χ1v) is 9.90. The molecular weight excluding hydrogens is 338 g/mol. The summed E-state index contributed by atoms with van der Waals surface area (Å²) >= 11 is 0. The van der Waals surface area contributed by atoms with Gasteiger partial charge in [0.2, 0.25) is 0 Å². The third-order valence-electron chi connectivity index (χ3n) is 5.26. The Morgan fingerprint density at radius 1 is 1.15 bits per heavy atom. The molecular formula is C23H27NO3. The van der Waals surface area contributed by atoms with Crippen LogP contribution in [0.2, 0.25) is 0 Å². The molecule has 4 heteroatoms. The van der Waals surface area contributed by atoms with E-state index < -0.39 is 0 Å². The van der Waals surface area contributed by atoms with Gasteiger partial charge in [0.25, 0.3) is 5.91 Å². The monoisotopic (exact) mass is 365 g/mol. The Bertz CT molecular complexity index is 776. The summed E-state index contributed by atoms with van der Waals surface area (Å²) in [6.07, 6.45) is 4.57. The molecule has 0 unspecified atom stereocenters. The molecule has 1 aliphatic carbocycles. The Kier molecular flexibility index (Phi) is 5.44.